The van der Waals surface area contributed by atoms with Crippen molar-refractivity contribution in [2.75, 3.05) is 14.1 Å². The Morgan fingerprint density at radius 2 is 1.22 bits per heavy atom. The molecular formula is C23H19N3O. The molecule has 0 unspecified atom stereocenters. The maximum atomic E-state index is 12.3. The first kappa shape index (κ1) is 16.9. The minimum absolute atomic E-state index is 0.0490. The Kier molecular flexibility index (Phi) is 4.38. The second-order valence-corrected chi connectivity index (χ2v) is 6.56. The fraction of sp³-hybridized carbons (Fsp3) is 0.0870. The molecular weight excluding hydrogens is 334 g/mol. The lowest BCUT2D eigenvalue weighted by molar-refractivity contribution is 0.0827. The van der Waals surface area contributed by atoms with Crippen LogP contribution >= 0.6 is 0 Å². The molecule has 0 saturated carbocycles. The molecule has 0 bridgehead atoms. The molecule has 0 atom stereocenters. The molecule has 1 aromatic heterocycles. The summed E-state index contributed by atoms with van der Waals surface area (Å²) in [7, 11) is 3.48. The fourth-order valence-corrected chi connectivity index (χ4v) is 3.04. The molecule has 27 heavy (non-hydrogen) atoms. The van der Waals surface area contributed by atoms with Crippen molar-refractivity contribution in [3.63, 3.8) is 0 Å². The molecule has 4 aromatic rings. The lowest BCUT2D eigenvalue weighted by Gasteiger charge is -2.13. The summed E-state index contributed by atoms with van der Waals surface area (Å²) in [5, 5.41) is 0. The van der Waals surface area contributed by atoms with Gasteiger partial charge in [-0.15, -0.1) is 0 Å². The van der Waals surface area contributed by atoms with Crippen molar-refractivity contribution >= 4 is 16.9 Å². The fourth-order valence-electron chi connectivity index (χ4n) is 3.04. The molecule has 4 rings (SSSR count). The van der Waals surface area contributed by atoms with Crippen LogP contribution in [0.3, 0.4) is 0 Å². The van der Waals surface area contributed by atoms with Gasteiger partial charge in [-0.05, 0) is 18.2 Å². The summed E-state index contributed by atoms with van der Waals surface area (Å²) in [5.74, 6) is -0.0490. The van der Waals surface area contributed by atoms with Gasteiger partial charge >= 0.3 is 0 Å². The number of fused-ring (bicyclic) bond motifs is 1. The van der Waals surface area contributed by atoms with E-state index in [0.717, 1.165) is 28.0 Å². The molecule has 3 aromatic carbocycles. The van der Waals surface area contributed by atoms with Gasteiger partial charge in [-0.25, -0.2) is 9.97 Å². The minimum Gasteiger partial charge on any atom is -0.345 e. The SMILES string of the molecule is CN(C)C(=O)c1ccc2nc(-c3ccccc3)c(-c3ccccc3)nc2c1. The maximum absolute atomic E-state index is 12.3. The summed E-state index contributed by atoms with van der Waals surface area (Å²) in [6.07, 6.45) is 0. The lowest BCUT2D eigenvalue weighted by atomic mass is 10.0. The Hall–Kier alpha value is -3.53. The highest BCUT2D eigenvalue weighted by molar-refractivity contribution is 5.97. The maximum Gasteiger partial charge on any atom is 0.253 e. The average molecular weight is 353 g/mol. The number of hydrogen-bond acceptors (Lipinski definition) is 3. The average Bonchev–Trinajstić information content (AvgIpc) is 2.73. The minimum atomic E-state index is -0.0490. The van der Waals surface area contributed by atoms with Crippen LogP contribution in [0.4, 0.5) is 0 Å². The van der Waals surface area contributed by atoms with Gasteiger partial charge in [0.25, 0.3) is 5.91 Å². The van der Waals surface area contributed by atoms with E-state index < -0.39 is 0 Å². The van der Waals surface area contributed by atoms with Crippen molar-refractivity contribution in [1.29, 1.82) is 0 Å². The molecule has 0 spiro atoms. The molecule has 4 nitrogen and oxygen atoms in total. The monoisotopic (exact) mass is 353 g/mol. The van der Waals surface area contributed by atoms with E-state index >= 15 is 0 Å². The number of nitrogens with zero attached hydrogens (tertiary/aromatic N) is 3. The summed E-state index contributed by atoms with van der Waals surface area (Å²) in [4.78, 5) is 23.6. The number of benzene rings is 3. The molecule has 132 valence electrons. The summed E-state index contributed by atoms with van der Waals surface area (Å²) in [6.45, 7) is 0. The molecule has 0 aliphatic carbocycles. The Labute approximate surface area is 158 Å². The Bertz CT molecular complexity index is 1110. The Morgan fingerprint density at radius 1 is 0.704 bits per heavy atom. The van der Waals surface area contributed by atoms with E-state index in [-0.39, 0.29) is 5.91 Å². The van der Waals surface area contributed by atoms with Crippen LogP contribution in [0.15, 0.2) is 78.9 Å². The van der Waals surface area contributed by atoms with E-state index in [1.807, 2.05) is 72.8 Å². The van der Waals surface area contributed by atoms with Crippen LogP contribution in [0.1, 0.15) is 10.4 Å². The van der Waals surface area contributed by atoms with Gasteiger partial charge in [0, 0.05) is 30.8 Å². The Balaban J connectivity index is 1.96. The predicted octanol–water partition coefficient (Wildman–Crippen LogP) is 4.67. The van der Waals surface area contributed by atoms with Gasteiger partial charge in [0.2, 0.25) is 0 Å². The van der Waals surface area contributed by atoms with E-state index in [2.05, 4.69) is 0 Å². The molecule has 0 aliphatic heterocycles. The van der Waals surface area contributed by atoms with Crippen LogP contribution < -0.4 is 0 Å². The Morgan fingerprint density at radius 3 is 1.74 bits per heavy atom. The zero-order valence-corrected chi connectivity index (χ0v) is 15.3. The van der Waals surface area contributed by atoms with Gasteiger partial charge in [-0.2, -0.15) is 0 Å². The van der Waals surface area contributed by atoms with Gasteiger partial charge in [0.05, 0.1) is 22.4 Å². The second kappa shape index (κ2) is 7.00. The highest BCUT2D eigenvalue weighted by Gasteiger charge is 2.15. The van der Waals surface area contributed by atoms with Crippen LogP contribution in [0, 0.1) is 0 Å². The summed E-state index contributed by atoms with van der Waals surface area (Å²) < 4.78 is 0. The standard InChI is InChI=1S/C23H19N3O/c1-26(2)23(27)18-13-14-19-20(15-18)25-22(17-11-7-4-8-12-17)21(24-19)16-9-5-3-6-10-16/h3-15H,1-2H3. The van der Waals surface area contributed by atoms with E-state index in [1.165, 1.54) is 0 Å². The van der Waals surface area contributed by atoms with Gasteiger partial charge in [-0.3, -0.25) is 4.79 Å². The van der Waals surface area contributed by atoms with Crippen LogP contribution in [-0.4, -0.2) is 34.9 Å². The van der Waals surface area contributed by atoms with Crippen LogP contribution in [0.5, 0.6) is 0 Å². The molecule has 1 amide bonds. The van der Waals surface area contributed by atoms with E-state index in [1.54, 1.807) is 25.1 Å². The number of carbonyl (C=O) groups excluding carboxylic acids is 1. The van der Waals surface area contributed by atoms with E-state index in [9.17, 15) is 4.79 Å². The quantitative estimate of drug-likeness (QED) is 0.538. The third-order valence-electron chi connectivity index (χ3n) is 4.41. The van der Waals surface area contributed by atoms with E-state index in [4.69, 9.17) is 9.97 Å². The smallest absolute Gasteiger partial charge is 0.253 e. The van der Waals surface area contributed by atoms with Crippen molar-refractivity contribution < 1.29 is 4.79 Å². The number of amides is 1. The molecule has 0 fully saturated rings. The first-order chi connectivity index (χ1) is 13.1. The first-order valence-electron chi connectivity index (χ1n) is 8.78. The third kappa shape index (κ3) is 3.29. The molecule has 0 radical (unpaired) electrons. The first-order valence-corrected chi connectivity index (χ1v) is 8.78. The predicted molar refractivity (Wildman–Crippen MR) is 108 cm³/mol. The number of rotatable bonds is 3. The number of hydrogen-bond donors (Lipinski definition) is 0. The molecule has 4 heteroatoms. The zero-order valence-electron chi connectivity index (χ0n) is 15.3. The van der Waals surface area contributed by atoms with Crippen molar-refractivity contribution in [1.82, 2.24) is 14.9 Å². The number of aromatic nitrogens is 2. The van der Waals surface area contributed by atoms with Crippen molar-refractivity contribution in [2.45, 2.75) is 0 Å². The summed E-state index contributed by atoms with van der Waals surface area (Å²) in [6, 6.07) is 25.5. The van der Waals surface area contributed by atoms with Crippen LogP contribution in [0.25, 0.3) is 33.5 Å². The van der Waals surface area contributed by atoms with Crippen LogP contribution in [0.2, 0.25) is 0 Å². The summed E-state index contributed by atoms with van der Waals surface area (Å²) >= 11 is 0. The second-order valence-electron chi connectivity index (χ2n) is 6.56. The van der Waals surface area contributed by atoms with Crippen molar-refractivity contribution in [3.8, 4) is 22.5 Å². The van der Waals surface area contributed by atoms with Gasteiger partial charge in [-0.1, -0.05) is 60.7 Å². The molecule has 0 aliphatic rings. The highest BCUT2D eigenvalue weighted by Crippen LogP contribution is 2.31. The van der Waals surface area contributed by atoms with E-state index in [0.29, 0.717) is 11.1 Å². The number of carbonyl (C=O) groups is 1. The van der Waals surface area contributed by atoms with Crippen molar-refractivity contribution in [2.24, 2.45) is 0 Å². The third-order valence-corrected chi connectivity index (χ3v) is 4.41. The normalized spacial score (nSPS) is 10.7. The van der Waals surface area contributed by atoms with Gasteiger partial charge in [0.15, 0.2) is 0 Å². The zero-order chi connectivity index (χ0) is 18.8. The summed E-state index contributed by atoms with van der Waals surface area (Å²) in [5.41, 5.74) is 5.73. The molecule has 0 N–H and O–H groups in total. The van der Waals surface area contributed by atoms with Crippen molar-refractivity contribution in [3.05, 3.63) is 84.4 Å². The largest absolute Gasteiger partial charge is 0.345 e. The topological polar surface area (TPSA) is 46.1 Å². The van der Waals surface area contributed by atoms with Gasteiger partial charge < -0.3 is 4.90 Å². The van der Waals surface area contributed by atoms with Crippen LogP contribution in [-0.2, 0) is 0 Å². The highest BCUT2D eigenvalue weighted by atomic mass is 16.2. The lowest BCUT2D eigenvalue weighted by Crippen LogP contribution is -2.21. The van der Waals surface area contributed by atoms with Gasteiger partial charge in [0.1, 0.15) is 0 Å². The molecule has 0 saturated heterocycles. The molecule has 1 heterocycles.